The van der Waals surface area contributed by atoms with Crippen molar-refractivity contribution < 1.29 is 4.39 Å². The van der Waals surface area contributed by atoms with Crippen molar-refractivity contribution in [3.8, 4) is 0 Å². The number of hydrogen-bond acceptors (Lipinski definition) is 1. The Bertz CT molecular complexity index is 406. The maximum absolute atomic E-state index is 13.5. The van der Waals surface area contributed by atoms with Crippen LogP contribution in [0.3, 0.4) is 0 Å². The summed E-state index contributed by atoms with van der Waals surface area (Å²) in [5.41, 5.74) is 2.54. The van der Waals surface area contributed by atoms with Crippen molar-refractivity contribution >= 4 is 0 Å². The fraction of sp³-hybridized carbons (Fsp3) is 0.600. The molecule has 2 unspecified atom stereocenters. The van der Waals surface area contributed by atoms with E-state index in [4.69, 9.17) is 0 Å². The lowest BCUT2D eigenvalue weighted by Gasteiger charge is -2.32. The minimum absolute atomic E-state index is 0.104. The molecule has 1 nitrogen and oxygen atoms in total. The van der Waals surface area contributed by atoms with Crippen LogP contribution >= 0.6 is 0 Å². The molecule has 1 aromatic carbocycles. The van der Waals surface area contributed by atoms with E-state index >= 15 is 0 Å². The Morgan fingerprint density at radius 3 is 2.65 bits per heavy atom. The van der Waals surface area contributed by atoms with Crippen molar-refractivity contribution in [2.24, 2.45) is 11.3 Å². The summed E-state index contributed by atoms with van der Waals surface area (Å²) in [6, 6.07) is 5.47. The summed E-state index contributed by atoms with van der Waals surface area (Å²) < 4.78 is 13.5. The Kier molecular flexibility index (Phi) is 3.26. The van der Waals surface area contributed by atoms with Crippen LogP contribution in [0.15, 0.2) is 18.2 Å². The number of halogens is 1. The average Bonchev–Trinajstić information content (AvgIpc) is 2.35. The number of nitrogens with one attached hydrogen (secondary N) is 1. The third-order valence-corrected chi connectivity index (χ3v) is 3.52. The van der Waals surface area contributed by atoms with Crippen LogP contribution in [0.2, 0.25) is 0 Å². The minimum Gasteiger partial charge on any atom is -0.309 e. The molecule has 2 atom stereocenters. The first-order chi connectivity index (χ1) is 7.88. The van der Waals surface area contributed by atoms with Crippen LogP contribution in [-0.2, 0) is 6.42 Å². The second kappa shape index (κ2) is 4.41. The SMILES string of the molecule is CC1CNC(C(C)(C)C)c2cc(F)ccc2C1. The van der Waals surface area contributed by atoms with Gasteiger partial charge in [0.1, 0.15) is 5.82 Å². The van der Waals surface area contributed by atoms with Gasteiger partial charge in [0, 0.05) is 6.04 Å². The van der Waals surface area contributed by atoms with E-state index in [0.717, 1.165) is 18.5 Å². The molecule has 2 heteroatoms. The van der Waals surface area contributed by atoms with Gasteiger partial charge in [-0.25, -0.2) is 4.39 Å². The van der Waals surface area contributed by atoms with Crippen LogP contribution in [0.4, 0.5) is 4.39 Å². The number of hydrogen-bond donors (Lipinski definition) is 1. The molecule has 0 fully saturated rings. The maximum Gasteiger partial charge on any atom is 0.123 e. The molecule has 0 aliphatic carbocycles. The Labute approximate surface area is 103 Å². The van der Waals surface area contributed by atoms with Crippen LogP contribution in [0.5, 0.6) is 0 Å². The second-order valence-electron chi connectivity index (χ2n) is 6.36. The van der Waals surface area contributed by atoms with Gasteiger partial charge in [0.05, 0.1) is 0 Å². The number of benzene rings is 1. The topological polar surface area (TPSA) is 12.0 Å². The zero-order valence-electron chi connectivity index (χ0n) is 11.2. The maximum atomic E-state index is 13.5. The van der Waals surface area contributed by atoms with Gasteiger partial charge >= 0.3 is 0 Å². The summed E-state index contributed by atoms with van der Waals surface area (Å²) >= 11 is 0. The van der Waals surface area contributed by atoms with E-state index in [1.165, 1.54) is 5.56 Å². The van der Waals surface area contributed by atoms with Gasteiger partial charge in [0.15, 0.2) is 0 Å². The van der Waals surface area contributed by atoms with Gasteiger partial charge in [-0.15, -0.1) is 0 Å². The van der Waals surface area contributed by atoms with Gasteiger partial charge in [0.2, 0.25) is 0 Å². The lowest BCUT2D eigenvalue weighted by Crippen LogP contribution is -2.33. The molecule has 1 aromatic rings. The molecule has 0 radical (unpaired) electrons. The number of rotatable bonds is 0. The third kappa shape index (κ3) is 2.68. The van der Waals surface area contributed by atoms with E-state index in [-0.39, 0.29) is 17.3 Å². The van der Waals surface area contributed by atoms with Gasteiger partial charge in [-0.2, -0.15) is 0 Å². The van der Waals surface area contributed by atoms with E-state index in [1.807, 2.05) is 6.07 Å². The molecule has 0 aromatic heterocycles. The van der Waals surface area contributed by atoms with Crippen LogP contribution in [0.1, 0.15) is 44.9 Å². The lowest BCUT2D eigenvalue weighted by atomic mass is 9.80. The van der Waals surface area contributed by atoms with Crippen molar-refractivity contribution in [3.63, 3.8) is 0 Å². The summed E-state index contributed by atoms with van der Waals surface area (Å²) in [7, 11) is 0. The molecule has 0 saturated heterocycles. The van der Waals surface area contributed by atoms with Crippen molar-refractivity contribution in [2.45, 2.75) is 40.2 Å². The zero-order chi connectivity index (χ0) is 12.6. The average molecular weight is 235 g/mol. The monoisotopic (exact) mass is 235 g/mol. The molecule has 0 amide bonds. The Hall–Kier alpha value is -0.890. The highest BCUT2D eigenvalue weighted by molar-refractivity contribution is 5.33. The predicted molar refractivity (Wildman–Crippen MR) is 69.5 cm³/mol. The molecule has 1 N–H and O–H groups in total. The van der Waals surface area contributed by atoms with Crippen molar-refractivity contribution in [1.82, 2.24) is 5.32 Å². The van der Waals surface area contributed by atoms with E-state index in [1.54, 1.807) is 12.1 Å². The molecular formula is C15H22FN. The lowest BCUT2D eigenvalue weighted by molar-refractivity contribution is 0.269. The summed E-state index contributed by atoms with van der Waals surface area (Å²) in [5, 5.41) is 3.59. The largest absolute Gasteiger partial charge is 0.309 e. The first kappa shape index (κ1) is 12.6. The van der Waals surface area contributed by atoms with Crippen molar-refractivity contribution in [2.75, 3.05) is 6.54 Å². The molecule has 1 aliphatic heterocycles. The van der Waals surface area contributed by atoms with Gasteiger partial charge in [-0.1, -0.05) is 33.8 Å². The zero-order valence-corrected chi connectivity index (χ0v) is 11.2. The highest BCUT2D eigenvalue weighted by Crippen LogP contribution is 2.37. The summed E-state index contributed by atoms with van der Waals surface area (Å²) in [5.74, 6) is 0.473. The first-order valence-electron chi connectivity index (χ1n) is 6.39. The van der Waals surface area contributed by atoms with Crippen LogP contribution < -0.4 is 5.32 Å². The molecule has 1 heterocycles. The highest BCUT2D eigenvalue weighted by atomic mass is 19.1. The van der Waals surface area contributed by atoms with Gasteiger partial charge in [-0.3, -0.25) is 0 Å². The van der Waals surface area contributed by atoms with Crippen molar-refractivity contribution in [3.05, 3.63) is 35.1 Å². The predicted octanol–water partition coefficient (Wildman–Crippen LogP) is 3.69. The van der Waals surface area contributed by atoms with E-state index < -0.39 is 0 Å². The Morgan fingerprint density at radius 2 is 2.00 bits per heavy atom. The smallest absolute Gasteiger partial charge is 0.123 e. The van der Waals surface area contributed by atoms with Crippen LogP contribution in [0.25, 0.3) is 0 Å². The first-order valence-corrected chi connectivity index (χ1v) is 6.39. The molecule has 0 saturated carbocycles. The van der Waals surface area contributed by atoms with Gasteiger partial charge in [-0.05, 0) is 47.6 Å². The number of fused-ring (bicyclic) bond motifs is 1. The van der Waals surface area contributed by atoms with Crippen LogP contribution in [0, 0.1) is 17.2 Å². The van der Waals surface area contributed by atoms with Gasteiger partial charge in [0.25, 0.3) is 0 Å². The van der Waals surface area contributed by atoms with Crippen LogP contribution in [-0.4, -0.2) is 6.54 Å². The molecule has 0 bridgehead atoms. The Morgan fingerprint density at radius 1 is 1.29 bits per heavy atom. The van der Waals surface area contributed by atoms with E-state index in [2.05, 4.69) is 33.0 Å². The Balaban J connectivity index is 2.48. The molecule has 1 aliphatic rings. The fourth-order valence-corrected chi connectivity index (χ4v) is 2.67. The molecular weight excluding hydrogens is 213 g/mol. The normalized spacial score (nSPS) is 25.2. The molecule has 17 heavy (non-hydrogen) atoms. The third-order valence-electron chi connectivity index (χ3n) is 3.52. The summed E-state index contributed by atoms with van der Waals surface area (Å²) in [6.07, 6.45) is 1.04. The van der Waals surface area contributed by atoms with E-state index in [9.17, 15) is 4.39 Å². The van der Waals surface area contributed by atoms with Crippen molar-refractivity contribution in [1.29, 1.82) is 0 Å². The summed E-state index contributed by atoms with van der Waals surface area (Å²) in [6.45, 7) is 9.85. The fourth-order valence-electron chi connectivity index (χ4n) is 2.67. The van der Waals surface area contributed by atoms with Gasteiger partial charge < -0.3 is 5.32 Å². The van der Waals surface area contributed by atoms with E-state index in [0.29, 0.717) is 5.92 Å². The summed E-state index contributed by atoms with van der Waals surface area (Å²) in [4.78, 5) is 0. The quantitative estimate of drug-likeness (QED) is 0.723. The minimum atomic E-state index is -0.130. The molecule has 2 rings (SSSR count). The molecule has 94 valence electrons. The standard InChI is InChI=1S/C15H22FN/c1-10-7-11-5-6-12(16)8-13(11)14(17-9-10)15(2,3)4/h5-6,8,10,14,17H,7,9H2,1-4H3. The second-order valence-corrected chi connectivity index (χ2v) is 6.36. The highest BCUT2D eigenvalue weighted by Gasteiger charge is 2.30. The molecule has 0 spiro atoms.